The van der Waals surface area contributed by atoms with Crippen molar-refractivity contribution in [3.63, 3.8) is 0 Å². The summed E-state index contributed by atoms with van der Waals surface area (Å²) in [5.74, 6) is 3.94. The first kappa shape index (κ1) is 138. The highest BCUT2D eigenvalue weighted by Crippen LogP contribution is 2.46. The molecule has 8 saturated heterocycles. The van der Waals surface area contributed by atoms with Gasteiger partial charge in [0.05, 0.1) is 16.6 Å². The predicted molar refractivity (Wildman–Crippen MR) is 609 cm³/mol. The van der Waals surface area contributed by atoms with Gasteiger partial charge in [0, 0.05) is 216 Å². The molecule has 8 fully saturated rings. The number of carbonyl (C=O) groups excluding carboxylic acids is 8. The molecule has 0 aromatic rings. The van der Waals surface area contributed by atoms with Crippen LogP contribution in [0.4, 0.5) is 0 Å². The molecule has 842 valence electrons. The summed E-state index contributed by atoms with van der Waals surface area (Å²) in [6.45, 7) is 114. The fraction of sp³-hybridized carbons (Fsp3) is 0.933. The highest BCUT2D eigenvalue weighted by molar-refractivity contribution is 5.95. The van der Waals surface area contributed by atoms with Crippen LogP contribution in [0.25, 0.3) is 0 Å². The second-order valence-electron chi connectivity index (χ2n) is 51.7. The number of likely N-dealkylation sites (N-methyl/N-ethyl adjacent to an activating group) is 8. The molecule has 0 aromatic carbocycles. The number of hydrogen-bond donors (Lipinski definition) is 0. The normalized spacial score (nSPS) is 25.0. The third-order valence-electron chi connectivity index (χ3n) is 34.6. The van der Waals surface area contributed by atoms with Crippen molar-refractivity contribution < 1.29 is 38.4 Å². The molecule has 143 heavy (non-hydrogen) atoms. The molecule has 0 aliphatic carbocycles. The third kappa shape index (κ3) is 32.7. The van der Waals surface area contributed by atoms with Gasteiger partial charge in [0.15, 0.2) is 46.3 Å². The van der Waals surface area contributed by atoms with Crippen LogP contribution in [0.15, 0.2) is 0 Å². The quantitative estimate of drug-likeness (QED) is 0.0526. The molecule has 7 unspecified atom stereocenters. The molecular formula is C119H238N16O8. The molecule has 0 spiro atoms. The SMILES string of the molecule is CC(C)C(=O)C1(N(C)C(C)C)CCCCN1C(C)C.CC(C)C(=O)C1(N(C)C(C)C)CCCN(C(C)C)C1.CC(C)C(=O)C1(N(C)C(C)C)CCCN1C(C)C.CC(C)C(=O)C1(N(C)C(C)C)CCN(C(C)C)C1.CC(C)C(=O)C1(N(C)C(C)C)CCN(C(C)C)CC1.CC(C)C(=O)C1(N(C)C(C)C)CCN1C(C)C.CC(C)C(=O)C1(N(C)C(C)C)CN(C(C)C)C1.CC(C)C(=O)C1(N(C)C(C)C)CN1C(C)C. The molecule has 0 radical (unpaired) electrons. The smallest absolute Gasteiger partial charge is 0.171 e. The lowest BCUT2D eigenvalue weighted by atomic mass is 9.77. The van der Waals surface area contributed by atoms with E-state index in [4.69, 9.17) is 0 Å². The van der Waals surface area contributed by atoms with Gasteiger partial charge in [0.1, 0.15) is 28.2 Å². The molecule has 8 heterocycles. The summed E-state index contributed by atoms with van der Waals surface area (Å²) in [7, 11) is 16.8. The summed E-state index contributed by atoms with van der Waals surface area (Å²) < 4.78 is 0. The topological polar surface area (TPSA) is 188 Å². The van der Waals surface area contributed by atoms with E-state index < -0.39 is 5.66 Å². The largest absolute Gasteiger partial charge is 0.301 e. The maximum Gasteiger partial charge on any atom is 0.171 e. The van der Waals surface area contributed by atoms with E-state index in [-0.39, 0.29) is 86.5 Å². The lowest BCUT2D eigenvalue weighted by molar-refractivity contribution is -0.179. The highest BCUT2D eigenvalue weighted by Gasteiger charge is 2.64. The van der Waals surface area contributed by atoms with Gasteiger partial charge in [-0.3, -0.25) is 112 Å². The lowest BCUT2D eigenvalue weighted by Gasteiger charge is -2.59. The Kier molecular flexibility index (Phi) is 56.5. The molecule has 0 amide bonds. The van der Waals surface area contributed by atoms with Gasteiger partial charge in [-0.2, -0.15) is 0 Å². The van der Waals surface area contributed by atoms with Crippen molar-refractivity contribution in [2.24, 2.45) is 47.3 Å². The highest BCUT2D eigenvalue weighted by atomic mass is 16.2. The number of carbonyl (C=O) groups is 8. The van der Waals surface area contributed by atoms with Gasteiger partial charge in [-0.15, -0.1) is 0 Å². The molecule has 0 bridgehead atoms. The van der Waals surface area contributed by atoms with Crippen LogP contribution in [0.5, 0.6) is 0 Å². The maximum atomic E-state index is 13.0. The van der Waals surface area contributed by atoms with Gasteiger partial charge >= 0.3 is 0 Å². The number of piperidine rings is 3. The van der Waals surface area contributed by atoms with E-state index in [2.05, 4.69) is 356 Å². The molecule has 7 atom stereocenters. The number of Topliss-reactive ketones (excluding diaryl/α,β-unsaturated/α-hetero) is 8. The summed E-state index contributed by atoms with van der Waals surface area (Å²) in [5, 5.41) is 0. The van der Waals surface area contributed by atoms with E-state index in [0.717, 1.165) is 143 Å². The maximum absolute atomic E-state index is 13.0. The Morgan fingerprint density at radius 3 is 0.657 bits per heavy atom. The van der Waals surface area contributed by atoms with Crippen molar-refractivity contribution in [2.75, 3.05) is 135 Å². The number of nitrogens with zero attached hydrogens (tertiary/aromatic N) is 16. The van der Waals surface area contributed by atoms with Crippen LogP contribution in [0.2, 0.25) is 0 Å². The van der Waals surface area contributed by atoms with Crippen molar-refractivity contribution in [3.05, 3.63) is 0 Å². The van der Waals surface area contributed by atoms with Gasteiger partial charge in [0.2, 0.25) is 0 Å². The molecule has 24 heteroatoms. The minimum absolute atomic E-state index is 0.0838. The Balaban J connectivity index is 0.000000818. The number of rotatable bonds is 40. The van der Waals surface area contributed by atoms with E-state index in [0.29, 0.717) is 143 Å². The predicted octanol–water partition coefficient (Wildman–Crippen LogP) is 20.2. The number of hydrogen-bond acceptors (Lipinski definition) is 24. The van der Waals surface area contributed by atoms with Gasteiger partial charge in [-0.05, 0) is 355 Å². The summed E-state index contributed by atoms with van der Waals surface area (Å²) >= 11 is 0. The van der Waals surface area contributed by atoms with E-state index in [9.17, 15) is 38.4 Å². The van der Waals surface area contributed by atoms with Gasteiger partial charge in [0.25, 0.3) is 0 Å². The average Bonchev–Trinajstić information content (AvgIpc) is 1.47. The molecule has 8 aliphatic rings. The summed E-state index contributed by atoms with van der Waals surface area (Å²) in [4.78, 5) is 139. The fourth-order valence-electron chi connectivity index (χ4n) is 23.8. The van der Waals surface area contributed by atoms with Crippen molar-refractivity contribution >= 4 is 46.3 Å². The first-order valence-corrected chi connectivity index (χ1v) is 57.6. The minimum Gasteiger partial charge on any atom is -0.301 e. The Bertz CT molecular complexity index is 3780. The molecule has 8 rings (SSSR count). The van der Waals surface area contributed by atoms with Crippen LogP contribution < -0.4 is 0 Å². The Labute approximate surface area is 884 Å². The summed E-state index contributed by atoms with van der Waals surface area (Å²) in [6.07, 6.45) is 11.4. The van der Waals surface area contributed by atoms with Gasteiger partial charge in [-0.25, -0.2) is 0 Å². The summed E-state index contributed by atoms with van der Waals surface area (Å²) in [5.41, 5.74) is -2.49. The van der Waals surface area contributed by atoms with Crippen LogP contribution in [-0.4, -0.2) is 401 Å². The fourth-order valence-corrected chi connectivity index (χ4v) is 23.8. The zero-order chi connectivity index (χ0) is 112. The Morgan fingerprint density at radius 2 is 0.385 bits per heavy atom. The molecule has 8 aliphatic heterocycles. The number of ketones is 8. The standard InChI is InChI=1S/3C16H32N2O.2C15H30N2O.2C14H28N2O.C13H26N2O/c1-12(2)15(19)16(17(7)13(3)4)8-10-18(11-9-16)14(5)6;1-12(2)15(19)16(17(7)13(3)4)9-8-10-18(11-16)14(5)6;1-12(2)15(19)16(17(7)13(3)4)10-8-9-11-18(16)14(5)6;1-11(2)14(18)15(16(7)12(3)4)8-9-17(10-15)13(5)6;1-11(2)14(18)15(16(7)12(3)4)9-8-10-17(15)13(5)6;1-10(2)13(17)14(15(7)11(3)4)8-16(9-14)12(5)6;1-10(2)13(17)14(15(7)11(3)4)8-9-16(14)12(5)6;1-9(2)12(16)13(14(7)10(3)4)8-15(13)11(5)6/h3*12-14H,8-11H2,1-7H3;2*11-13H,8-10H2,1-7H3;2*10-12H,8-9H2,1-7H3;9-11H,8H2,1-7H3. The molecular weight excluding hydrogens is 1780 g/mol. The second-order valence-corrected chi connectivity index (χ2v) is 51.7. The first-order chi connectivity index (χ1) is 65.4. The lowest BCUT2D eigenvalue weighted by Crippen LogP contribution is -2.75. The zero-order valence-electron chi connectivity index (χ0n) is 105. The van der Waals surface area contributed by atoms with Gasteiger partial charge in [-0.1, -0.05) is 111 Å². The molecule has 24 nitrogen and oxygen atoms in total. The van der Waals surface area contributed by atoms with Crippen LogP contribution >= 0.6 is 0 Å². The molecule has 0 N–H and O–H groups in total. The monoisotopic (exact) mass is 2020 g/mol. The van der Waals surface area contributed by atoms with E-state index >= 15 is 0 Å². The Morgan fingerprint density at radius 1 is 0.168 bits per heavy atom. The van der Waals surface area contributed by atoms with E-state index in [1.54, 1.807) is 0 Å². The van der Waals surface area contributed by atoms with Crippen LogP contribution in [0.3, 0.4) is 0 Å². The van der Waals surface area contributed by atoms with Crippen molar-refractivity contribution in [1.82, 2.24) is 78.4 Å². The van der Waals surface area contributed by atoms with E-state index in [1.165, 1.54) is 6.42 Å². The van der Waals surface area contributed by atoms with Crippen LogP contribution in [-0.2, 0) is 38.4 Å². The molecule has 0 saturated carbocycles. The Hall–Kier alpha value is -3.28. The number of likely N-dealkylation sites (tertiary alicyclic amines) is 7. The van der Waals surface area contributed by atoms with Crippen molar-refractivity contribution in [3.8, 4) is 0 Å². The van der Waals surface area contributed by atoms with Crippen molar-refractivity contribution in [2.45, 2.75) is 544 Å². The molecule has 0 aromatic heterocycles. The average molecular weight is 2020 g/mol. The minimum atomic E-state index is -0.394. The van der Waals surface area contributed by atoms with Crippen molar-refractivity contribution in [1.29, 1.82) is 0 Å². The third-order valence-corrected chi connectivity index (χ3v) is 34.6. The zero-order valence-corrected chi connectivity index (χ0v) is 105. The summed E-state index contributed by atoms with van der Waals surface area (Å²) in [6, 6.07) is 6.99. The van der Waals surface area contributed by atoms with Gasteiger partial charge < -0.3 is 4.90 Å². The van der Waals surface area contributed by atoms with Crippen LogP contribution in [0, 0.1) is 47.3 Å². The second kappa shape index (κ2) is 58.7. The van der Waals surface area contributed by atoms with Crippen LogP contribution in [0.1, 0.15) is 403 Å². The van der Waals surface area contributed by atoms with E-state index in [1.807, 2.05) is 111 Å². The first-order valence-electron chi connectivity index (χ1n) is 57.6.